The maximum Gasteiger partial charge on any atom is 0.407 e. The van der Waals surface area contributed by atoms with Gasteiger partial charge in [0, 0.05) is 17.1 Å². The lowest BCUT2D eigenvalue weighted by Gasteiger charge is -2.26. The summed E-state index contributed by atoms with van der Waals surface area (Å²) in [5.41, 5.74) is 0.722. The van der Waals surface area contributed by atoms with Gasteiger partial charge < -0.3 is 19.8 Å². The number of oxazole rings is 1. The monoisotopic (exact) mass is 421 g/mol. The summed E-state index contributed by atoms with van der Waals surface area (Å²) in [6.07, 6.45) is 1.03. The molecule has 1 heterocycles. The second kappa shape index (κ2) is 9.78. The van der Waals surface area contributed by atoms with Crippen LogP contribution in [0.2, 0.25) is 5.02 Å². The van der Waals surface area contributed by atoms with E-state index in [1.165, 1.54) is 6.26 Å². The standard InChI is InChI=1S/C21H28ClN3O4/c1-13(2)17(25-20(27)29-21(3,4)5)11-23-18(26)10-16-12-28-19(24-16)14-6-8-15(22)9-7-14/h6-9,12-13,17H,10-11H2,1-5H3,(H,23,26)(H,25,27). The molecule has 0 bridgehead atoms. The van der Waals surface area contributed by atoms with Crippen LogP contribution in [0.5, 0.6) is 0 Å². The summed E-state index contributed by atoms with van der Waals surface area (Å²) in [5, 5.41) is 6.26. The van der Waals surface area contributed by atoms with Gasteiger partial charge in [-0.2, -0.15) is 0 Å². The van der Waals surface area contributed by atoms with Crippen molar-refractivity contribution in [3.05, 3.63) is 41.2 Å². The molecule has 7 nitrogen and oxygen atoms in total. The molecule has 29 heavy (non-hydrogen) atoms. The van der Waals surface area contributed by atoms with E-state index in [0.717, 1.165) is 5.56 Å². The molecule has 2 amide bonds. The average molecular weight is 422 g/mol. The van der Waals surface area contributed by atoms with Gasteiger partial charge in [0.1, 0.15) is 11.9 Å². The van der Waals surface area contributed by atoms with Crippen molar-refractivity contribution >= 4 is 23.6 Å². The number of ether oxygens (including phenoxy) is 1. The highest BCUT2D eigenvalue weighted by atomic mass is 35.5. The van der Waals surface area contributed by atoms with Crippen molar-refractivity contribution in [3.63, 3.8) is 0 Å². The fourth-order valence-corrected chi connectivity index (χ4v) is 2.60. The number of carbonyl (C=O) groups is 2. The number of hydrogen-bond donors (Lipinski definition) is 2. The van der Waals surface area contributed by atoms with Crippen LogP contribution in [-0.2, 0) is 16.0 Å². The topological polar surface area (TPSA) is 93.5 Å². The van der Waals surface area contributed by atoms with Gasteiger partial charge >= 0.3 is 6.09 Å². The number of carbonyl (C=O) groups excluding carboxylic acids is 2. The molecule has 0 saturated heterocycles. The fraction of sp³-hybridized carbons (Fsp3) is 0.476. The third-order valence-corrected chi connectivity index (χ3v) is 4.26. The van der Waals surface area contributed by atoms with Gasteiger partial charge in [0.15, 0.2) is 0 Å². The number of nitrogens with one attached hydrogen (secondary N) is 2. The first-order valence-corrected chi connectivity index (χ1v) is 9.88. The second-order valence-corrected chi connectivity index (χ2v) is 8.56. The quantitative estimate of drug-likeness (QED) is 0.698. The predicted octanol–water partition coefficient (Wildman–Crippen LogP) is 4.20. The number of amides is 2. The van der Waals surface area contributed by atoms with Gasteiger partial charge in [-0.05, 0) is 51.0 Å². The molecule has 158 valence electrons. The molecular weight excluding hydrogens is 394 g/mol. The Kier molecular flexibility index (Phi) is 7.67. The number of aromatic nitrogens is 1. The zero-order chi connectivity index (χ0) is 21.6. The van der Waals surface area contributed by atoms with Crippen LogP contribution in [0.4, 0.5) is 4.79 Å². The van der Waals surface area contributed by atoms with Crippen molar-refractivity contribution in [2.24, 2.45) is 5.92 Å². The number of rotatable bonds is 7. The van der Waals surface area contributed by atoms with Gasteiger partial charge in [0.25, 0.3) is 0 Å². The molecule has 0 fully saturated rings. The van der Waals surface area contributed by atoms with Crippen LogP contribution in [0.25, 0.3) is 11.5 Å². The minimum Gasteiger partial charge on any atom is -0.444 e. The summed E-state index contributed by atoms with van der Waals surface area (Å²) in [5.74, 6) is 0.333. The molecule has 0 spiro atoms. The van der Waals surface area contributed by atoms with Gasteiger partial charge in [0.2, 0.25) is 11.8 Å². The molecule has 1 aromatic carbocycles. The van der Waals surface area contributed by atoms with E-state index in [1.807, 2.05) is 13.8 Å². The van der Waals surface area contributed by atoms with E-state index in [2.05, 4.69) is 15.6 Å². The number of nitrogens with zero attached hydrogens (tertiary/aromatic N) is 1. The van der Waals surface area contributed by atoms with Crippen LogP contribution in [0.3, 0.4) is 0 Å². The number of halogens is 1. The van der Waals surface area contributed by atoms with Crippen molar-refractivity contribution in [1.82, 2.24) is 15.6 Å². The third kappa shape index (κ3) is 7.77. The van der Waals surface area contributed by atoms with Crippen LogP contribution in [0, 0.1) is 5.92 Å². The number of alkyl carbamates (subject to hydrolysis) is 1. The van der Waals surface area contributed by atoms with Crippen LogP contribution < -0.4 is 10.6 Å². The van der Waals surface area contributed by atoms with Crippen molar-refractivity contribution in [2.45, 2.75) is 52.7 Å². The fourth-order valence-electron chi connectivity index (χ4n) is 2.48. The molecule has 1 unspecified atom stereocenters. The number of benzene rings is 1. The molecule has 1 atom stereocenters. The molecule has 8 heteroatoms. The van der Waals surface area contributed by atoms with Gasteiger partial charge in [-0.25, -0.2) is 9.78 Å². The SMILES string of the molecule is CC(C)C(CNC(=O)Cc1coc(-c2ccc(Cl)cc2)n1)NC(=O)OC(C)(C)C. The molecule has 0 saturated carbocycles. The highest BCUT2D eigenvalue weighted by Gasteiger charge is 2.22. The van der Waals surface area contributed by atoms with Crippen LogP contribution >= 0.6 is 11.6 Å². The van der Waals surface area contributed by atoms with Crippen molar-refractivity contribution in [2.75, 3.05) is 6.54 Å². The van der Waals surface area contributed by atoms with E-state index in [1.54, 1.807) is 45.0 Å². The van der Waals surface area contributed by atoms with Crippen molar-refractivity contribution < 1.29 is 18.7 Å². The molecule has 2 N–H and O–H groups in total. The zero-order valence-electron chi connectivity index (χ0n) is 17.4. The number of hydrogen-bond acceptors (Lipinski definition) is 5. The van der Waals surface area contributed by atoms with Gasteiger partial charge in [-0.1, -0.05) is 25.4 Å². The van der Waals surface area contributed by atoms with Crippen LogP contribution in [-0.4, -0.2) is 35.2 Å². The molecule has 0 aliphatic rings. The highest BCUT2D eigenvalue weighted by Crippen LogP contribution is 2.21. The minimum absolute atomic E-state index is 0.0777. The lowest BCUT2D eigenvalue weighted by molar-refractivity contribution is -0.120. The first-order valence-electron chi connectivity index (χ1n) is 9.50. The Bertz CT molecular complexity index is 825. The average Bonchev–Trinajstić information content (AvgIpc) is 3.05. The molecule has 0 aliphatic heterocycles. The Balaban J connectivity index is 1.87. The predicted molar refractivity (Wildman–Crippen MR) is 112 cm³/mol. The Hall–Kier alpha value is -2.54. The molecular formula is C21H28ClN3O4. The maximum absolute atomic E-state index is 12.3. The Labute approximate surface area is 176 Å². The molecule has 2 rings (SSSR count). The van der Waals surface area contributed by atoms with E-state index < -0.39 is 11.7 Å². The van der Waals surface area contributed by atoms with E-state index in [9.17, 15) is 9.59 Å². The van der Waals surface area contributed by atoms with E-state index in [4.69, 9.17) is 20.8 Å². The van der Waals surface area contributed by atoms with Gasteiger partial charge in [0.05, 0.1) is 18.2 Å². The van der Waals surface area contributed by atoms with Crippen LogP contribution in [0.15, 0.2) is 34.9 Å². The summed E-state index contributed by atoms with van der Waals surface area (Å²) >= 11 is 5.88. The van der Waals surface area contributed by atoms with Gasteiger partial charge in [-0.3, -0.25) is 4.79 Å². The van der Waals surface area contributed by atoms with Gasteiger partial charge in [-0.15, -0.1) is 0 Å². The summed E-state index contributed by atoms with van der Waals surface area (Å²) in [7, 11) is 0. The summed E-state index contributed by atoms with van der Waals surface area (Å²) in [6.45, 7) is 9.62. The van der Waals surface area contributed by atoms with E-state index >= 15 is 0 Å². The van der Waals surface area contributed by atoms with Crippen molar-refractivity contribution in [1.29, 1.82) is 0 Å². The maximum atomic E-state index is 12.3. The Morgan fingerprint density at radius 1 is 1.21 bits per heavy atom. The summed E-state index contributed by atoms with van der Waals surface area (Å²) in [6, 6.07) is 6.84. The zero-order valence-corrected chi connectivity index (χ0v) is 18.2. The van der Waals surface area contributed by atoms with Crippen LogP contribution in [0.1, 0.15) is 40.3 Å². The first kappa shape index (κ1) is 22.7. The lowest BCUT2D eigenvalue weighted by atomic mass is 10.0. The third-order valence-electron chi connectivity index (χ3n) is 4.01. The molecule has 2 aromatic rings. The van der Waals surface area contributed by atoms with E-state index in [-0.39, 0.29) is 30.8 Å². The minimum atomic E-state index is -0.580. The Morgan fingerprint density at radius 3 is 2.45 bits per heavy atom. The van der Waals surface area contributed by atoms with Crippen molar-refractivity contribution in [3.8, 4) is 11.5 Å². The second-order valence-electron chi connectivity index (χ2n) is 8.13. The molecule has 1 aromatic heterocycles. The normalized spacial score (nSPS) is 12.5. The largest absolute Gasteiger partial charge is 0.444 e. The first-order chi connectivity index (χ1) is 13.5. The lowest BCUT2D eigenvalue weighted by Crippen LogP contribution is -2.48. The summed E-state index contributed by atoms with van der Waals surface area (Å²) in [4.78, 5) is 28.6. The smallest absolute Gasteiger partial charge is 0.407 e. The molecule has 0 radical (unpaired) electrons. The van der Waals surface area contributed by atoms with E-state index in [0.29, 0.717) is 16.6 Å². The summed E-state index contributed by atoms with van der Waals surface area (Å²) < 4.78 is 10.7. The highest BCUT2D eigenvalue weighted by molar-refractivity contribution is 6.30. The Morgan fingerprint density at radius 2 is 1.86 bits per heavy atom. The molecule has 0 aliphatic carbocycles.